The molecule has 2 heterocycles. The zero-order valence-corrected chi connectivity index (χ0v) is 18.6. The largest absolute Gasteiger partial charge is 0.493 e. The first kappa shape index (κ1) is 20.7. The molecule has 0 spiro atoms. The van der Waals surface area contributed by atoms with Crippen molar-refractivity contribution in [1.82, 2.24) is 9.62 Å². The van der Waals surface area contributed by atoms with Crippen LogP contribution in [0.3, 0.4) is 0 Å². The van der Waals surface area contributed by atoms with Crippen LogP contribution in [0.5, 0.6) is 11.5 Å². The van der Waals surface area contributed by atoms with Crippen LogP contribution in [-0.2, 0) is 22.9 Å². The first-order valence-corrected chi connectivity index (χ1v) is 12.4. The van der Waals surface area contributed by atoms with Gasteiger partial charge in [-0.3, -0.25) is 4.90 Å². The van der Waals surface area contributed by atoms with Crippen molar-refractivity contribution in [2.24, 2.45) is 0 Å². The van der Waals surface area contributed by atoms with Crippen LogP contribution in [0.1, 0.15) is 42.0 Å². The topological polar surface area (TPSA) is 67.9 Å². The van der Waals surface area contributed by atoms with Gasteiger partial charge in [0.2, 0.25) is 10.0 Å². The van der Waals surface area contributed by atoms with E-state index in [0.717, 1.165) is 56.7 Å². The average Bonchev–Trinajstić information content (AvgIpc) is 3.40. The van der Waals surface area contributed by atoms with Crippen LogP contribution in [0.25, 0.3) is 0 Å². The Bertz CT molecular complexity index is 958. The van der Waals surface area contributed by atoms with E-state index in [1.165, 1.54) is 28.0 Å². The third-order valence-electron chi connectivity index (χ3n) is 5.93. The summed E-state index contributed by atoms with van der Waals surface area (Å²) in [6, 6.07) is 5.98. The molecule has 1 unspecified atom stereocenters. The number of benzene rings is 1. The second kappa shape index (κ2) is 8.63. The van der Waals surface area contributed by atoms with Crippen molar-refractivity contribution in [2.45, 2.75) is 42.4 Å². The minimum absolute atomic E-state index is 0.382. The Morgan fingerprint density at radius 2 is 2.10 bits per heavy atom. The lowest BCUT2D eigenvalue weighted by Crippen LogP contribution is -2.35. The highest BCUT2D eigenvalue weighted by Gasteiger charge is 2.36. The number of methoxy groups -OCH3 is 2. The SMILES string of the molecule is COc1cc2c3c(c1OC)CCC3N(CCCCNS(=O)(=O)c1cccs1)CC2. The molecule has 158 valence electrons. The second-order valence-corrected chi connectivity index (χ2v) is 10.5. The van der Waals surface area contributed by atoms with Crippen molar-refractivity contribution in [2.75, 3.05) is 33.9 Å². The third-order valence-corrected chi connectivity index (χ3v) is 8.79. The molecule has 0 bridgehead atoms. The lowest BCUT2D eigenvalue weighted by molar-refractivity contribution is 0.182. The standard InChI is InChI=1S/C21H28N2O4S2/c1-26-18-14-15-9-12-23(17-8-7-16(20(15)17)21(18)27-2)11-4-3-10-22-29(24,25)19-6-5-13-28-19/h5-6,13-14,17,22H,3-4,7-12H2,1-2H3. The molecule has 1 aliphatic heterocycles. The molecular formula is C21H28N2O4S2. The van der Waals surface area contributed by atoms with Crippen molar-refractivity contribution in [3.63, 3.8) is 0 Å². The van der Waals surface area contributed by atoms with Gasteiger partial charge in [0.25, 0.3) is 0 Å². The quantitative estimate of drug-likeness (QED) is 0.611. The lowest BCUT2D eigenvalue weighted by Gasteiger charge is -2.35. The van der Waals surface area contributed by atoms with Gasteiger partial charge in [-0.25, -0.2) is 13.1 Å². The fraction of sp³-hybridized carbons (Fsp3) is 0.524. The average molecular weight is 437 g/mol. The summed E-state index contributed by atoms with van der Waals surface area (Å²) in [6.07, 6.45) is 4.95. The summed E-state index contributed by atoms with van der Waals surface area (Å²) in [6.45, 7) is 2.50. The molecule has 1 N–H and O–H groups in total. The number of unbranched alkanes of at least 4 members (excludes halogenated alkanes) is 1. The molecule has 1 aromatic heterocycles. The number of rotatable bonds is 9. The normalized spacial score (nSPS) is 18.6. The third kappa shape index (κ3) is 4.03. The van der Waals surface area contributed by atoms with E-state index in [4.69, 9.17) is 9.47 Å². The molecule has 1 atom stereocenters. The number of hydrogen-bond donors (Lipinski definition) is 1. The zero-order chi connectivity index (χ0) is 20.4. The van der Waals surface area contributed by atoms with E-state index in [-0.39, 0.29) is 0 Å². The maximum absolute atomic E-state index is 12.2. The summed E-state index contributed by atoms with van der Waals surface area (Å²) in [7, 11) is 0.0593. The van der Waals surface area contributed by atoms with Crippen LogP contribution < -0.4 is 14.2 Å². The molecule has 6 nitrogen and oxygen atoms in total. The maximum atomic E-state index is 12.2. The molecule has 0 saturated heterocycles. The van der Waals surface area contributed by atoms with Gasteiger partial charge >= 0.3 is 0 Å². The minimum Gasteiger partial charge on any atom is -0.493 e. The summed E-state index contributed by atoms with van der Waals surface area (Å²) < 4.78 is 38.7. The van der Waals surface area contributed by atoms with Crippen molar-refractivity contribution < 1.29 is 17.9 Å². The minimum atomic E-state index is -3.35. The van der Waals surface area contributed by atoms with Crippen molar-refractivity contribution >= 4 is 21.4 Å². The fourth-order valence-electron chi connectivity index (χ4n) is 4.62. The molecule has 1 aromatic carbocycles. The van der Waals surface area contributed by atoms with Crippen LogP contribution in [-0.4, -0.2) is 47.2 Å². The van der Waals surface area contributed by atoms with Gasteiger partial charge in [0, 0.05) is 24.7 Å². The zero-order valence-electron chi connectivity index (χ0n) is 16.9. The van der Waals surface area contributed by atoms with E-state index in [1.54, 1.807) is 31.7 Å². The maximum Gasteiger partial charge on any atom is 0.250 e. The van der Waals surface area contributed by atoms with Crippen LogP contribution in [0, 0.1) is 0 Å². The van der Waals surface area contributed by atoms with Crippen LogP contribution in [0.15, 0.2) is 27.8 Å². The summed E-state index contributed by atoms with van der Waals surface area (Å²) in [5, 5.41) is 1.78. The summed E-state index contributed by atoms with van der Waals surface area (Å²) in [4.78, 5) is 2.55. The first-order valence-electron chi connectivity index (χ1n) is 10.1. The fourth-order valence-corrected chi connectivity index (χ4v) is 6.74. The predicted octanol–water partition coefficient (Wildman–Crippen LogP) is 3.37. The van der Waals surface area contributed by atoms with E-state index in [1.807, 2.05) is 0 Å². The molecule has 2 aliphatic rings. The highest BCUT2D eigenvalue weighted by molar-refractivity contribution is 7.91. The Morgan fingerprint density at radius 1 is 1.24 bits per heavy atom. The Labute approximate surface area is 176 Å². The highest BCUT2D eigenvalue weighted by Crippen LogP contribution is 2.48. The van der Waals surface area contributed by atoms with Crippen molar-refractivity contribution in [1.29, 1.82) is 0 Å². The van der Waals surface area contributed by atoms with E-state index >= 15 is 0 Å². The Hall–Kier alpha value is -1.61. The predicted molar refractivity (Wildman–Crippen MR) is 115 cm³/mol. The molecule has 0 saturated carbocycles. The second-order valence-electron chi connectivity index (χ2n) is 7.54. The molecule has 1 aliphatic carbocycles. The van der Waals surface area contributed by atoms with E-state index < -0.39 is 10.0 Å². The van der Waals surface area contributed by atoms with Gasteiger partial charge in [0.1, 0.15) is 4.21 Å². The molecule has 0 radical (unpaired) electrons. The summed E-state index contributed by atoms with van der Waals surface area (Å²) in [5.74, 6) is 1.73. The van der Waals surface area contributed by atoms with Crippen LogP contribution in [0.4, 0.5) is 0 Å². The summed E-state index contributed by atoms with van der Waals surface area (Å²) in [5.41, 5.74) is 4.13. The molecule has 4 rings (SSSR count). The Balaban J connectivity index is 1.34. The number of ether oxygens (including phenoxy) is 2. The van der Waals surface area contributed by atoms with Gasteiger partial charge in [-0.15, -0.1) is 11.3 Å². The van der Waals surface area contributed by atoms with Gasteiger partial charge in [-0.05, 0) is 67.3 Å². The van der Waals surface area contributed by atoms with Gasteiger partial charge in [0.15, 0.2) is 11.5 Å². The van der Waals surface area contributed by atoms with Gasteiger partial charge in [0.05, 0.1) is 14.2 Å². The number of thiophene rings is 1. The van der Waals surface area contributed by atoms with Gasteiger partial charge < -0.3 is 9.47 Å². The monoisotopic (exact) mass is 436 g/mol. The van der Waals surface area contributed by atoms with Gasteiger partial charge in [-0.2, -0.15) is 0 Å². The number of hydrogen-bond acceptors (Lipinski definition) is 6. The number of nitrogens with zero attached hydrogens (tertiary/aromatic N) is 1. The summed E-state index contributed by atoms with van der Waals surface area (Å²) >= 11 is 1.25. The molecule has 2 aromatic rings. The highest BCUT2D eigenvalue weighted by atomic mass is 32.2. The van der Waals surface area contributed by atoms with E-state index in [0.29, 0.717) is 16.8 Å². The molecular weight excluding hydrogens is 408 g/mol. The van der Waals surface area contributed by atoms with E-state index in [2.05, 4.69) is 15.7 Å². The first-order chi connectivity index (χ1) is 14.0. The Morgan fingerprint density at radius 3 is 2.83 bits per heavy atom. The van der Waals surface area contributed by atoms with Crippen molar-refractivity contribution in [3.8, 4) is 11.5 Å². The number of sulfonamides is 1. The molecule has 0 fully saturated rings. The van der Waals surface area contributed by atoms with Crippen LogP contribution in [0.2, 0.25) is 0 Å². The smallest absolute Gasteiger partial charge is 0.250 e. The number of nitrogens with one attached hydrogen (secondary N) is 1. The van der Waals surface area contributed by atoms with Crippen molar-refractivity contribution in [3.05, 3.63) is 40.3 Å². The van der Waals surface area contributed by atoms with E-state index in [9.17, 15) is 8.42 Å². The lowest BCUT2D eigenvalue weighted by atomic mass is 9.92. The molecule has 0 amide bonds. The van der Waals surface area contributed by atoms with Gasteiger partial charge in [-0.1, -0.05) is 6.07 Å². The Kier molecular flexibility index (Phi) is 6.15. The molecule has 8 heteroatoms. The molecule has 29 heavy (non-hydrogen) atoms. The van der Waals surface area contributed by atoms with Crippen LogP contribution >= 0.6 is 11.3 Å².